The van der Waals surface area contributed by atoms with Crippen LogP contribution in [0.1, 0.15) is 39.5 Å². The van der Waals surface area contributed by atoms with E-state index < -0.39 is 5.92 Å². The van der Waals surface area contributed by atoms with E-state index in [2.05, 4.69) is 6.58 Å². The van der Waals surface area contributed by atoms with E-state index in [9.17, 15) is 8.78 Å². The maximum absolute atomic E-state index is 12.3. The largest absolute Gasteiger partial charge is 0.245 e. The van der Waals surface area contributed by atoms with Crippen LogP contribution in [-0.2, 0) is 0 Å². The van der Waals surface area contributed by atoms with Gasteiger partial charge in [0.2, 0.25) is 5.92 Å². The van der Waals surface area contributed by atoms with Crippen molar-refractivity contribution < 1.29 is 8.78 Å². The SMILES string of the molecule is C=C(CCC)CCC(C)(F)F. The molecule has 0 fully saturated rings. The van der Waals surface area contributed by atoms with Gasteiger partial charge in [-0.15, -0.1) is 0 Å². The van der Waals surface area contributed by atoms with E-state index in [0.717, 1.165) is 25.3 Å². The Balaban J connectivity index is 3.46. The van der Waals surface area contributed by atoms with Gasteiger partial charge < -0.3 is 0 Å². The summed E-state index contributed by atoms with van der Waals surface area (Å²) in [5.41, 5.74) is 0.939. The van der Waals surface area contributed by atoms with Crippen LogP contribution in [0.15, 0.2) is 12.2 Å². The third-order valence-electron chi connectivity index (χ3n) is 1.52. The summed E-state index contributed by atoms with van der Waals surface area (Å²) in [6.45, 7) is 6.69. The lowest BCUT2D eigenvalue weighted by Gasteiger charge is -2.10. The van der Waals surface area contributed by atoms with Crippen LogP contribution in [0.25, 0.3) is 0 Å². The molecular weight excluding hydrogens is 146 g/mol. The minimum Gasteiger partial charge on any atom is -0.207 e. The molecule has 0 saturated heterocycles. The Bertz CT molecular complexity index is 122. The molecule has 0 aliphatic carbocycles. The van der Waals surface area contributed by atoms with Crippen LogP contribution in [0.3, 0.4) is 0 Å². The second kappa shape index (κ2) is 4.47. The number of hydrogen-bond donors (Lipinski definition) is 0. The van der Waals surface area contributed by atoms with Gasteiger partial charge in [-0.2, -0.15) is 0 Å². The fraction of sp³-hybridized carbons (Fsp3) is 0.778. The molecule has 0 aliphatic heterocycles. The molecule has 0 radical (unpaired) electrons. The van der Waals surface area contributed by atoms with Gasteiger partial charge in [0.1, 0.15) is 0 Å². The number of alkyl halides is 2. The predicted octanol–water partition coefficient (Wildman–Crippen LogP) is 3.78. The van der Waals surface area contributed by atoms with Crippen molar-refractivity contribution >= 4 is 0 Å². The van der Waals surface area contributed by atoms with Crippen molar-refractivity contribution in [3.05, 3.63) is 12.2 Å². The molecule has 0 aromatic heterocycles. The van der Waals surface area contributed by atoms with Crippen molar-refractivity contribution in [1.82, 2.24) is 0 Å². The van der Waals surface area contributed by atoms with Crippen LogP contribution < -0.4 is 0 Å². The smallest absolute Gasteiger partial charge is 0.207 e. The first-order valence-corrected chi connectivity index (χ1v) is 4.00. The van der Waals surface area contributed by atoms with Crippen molar-refractivity contribution in [3.63, 3.8) is 0 Å². The van der Waals surface area contributed by atoms with Crippen molar-refractivity contribution in [2.24, 2.45) is 0 Å². The van der Waals surface area contributed by atoms with Crippen LogP contribution in [0, 0.1) is 0 Å². The Morgan fingerprint density at radius 1 is 1.36 bits per heavy atom. The summed E-state index contributed by atoms with van der Waals surface area (Å²) in [5.74, 6) is -2.53. The molecule has 0 bridgehead atoms. The highest BCUT2D eigenvalue weighted by Gasteiger charge is 2.20. The Morgan fingerprint density at radius 2 is 1.91 bits per heavy atom. The topological polar surface area (TPSA) is 0 Å². The van der Waals surface area contributed by atoms with Gasteiger partial charge in [-0.3, -0.25) is 0 Å². The first-order chi connectivity index (χ1) is 4.95. The van der Waals surface area contributed by atoms with Gasteiger partial charge in [-0.25, -0.2) is 8.78 Å². The molecule has 0 atom stereocenters. The zero-order chi connectivity index (χ0) is 8.91. The van der Waals surface area contributed by atoms with Gasteiger partial charge in [-0.1, -0.05) is 25.5 Å². The second-order valence-electron chi connectivity index (χ2n) is 3.07. The fourth-order valence-electron chi connectivity index (χ4n) is 0.875. The minimum atomic E-state index is -2.53. The molecule has 0 amide bonds. The highest BCUT2D eigenvalue weighted by Crippen LogP contribution is 2.22. The van der Waals surface area contributed by atoms with E-state index in [1.807, 2.05) is 6.92 Å². The van der Waals surface area contributed by atoms with E-state index in [4.69, 9.17) is 0 Å². The van der Waals surface area contributed by atoms with E-state index in [1.165, 1.54) is 0 Å². The van der Waals surface area contributed by atoms with Gasteiger partial charge in [0.15, 0.2) is 0 Å². The van der Waals surface area contributed by atoms with Gasteiger partial charge >= 0.3 is 0 Å². The molecule has 0 unspecified atom stereocenters. The number of rotatable bonds is 5. The van der Waals surface area contributed by atoms with E-state index in [-0.39, 0.29) is 6.42 Å². The number of hydrogen-bond acceptors (Lipinski definition) is 0. The van der Waals surface area contributed by atoms with E-state index in [0.29, 0.717) is 6.42 Å². The highest BCUT2D eigenvalue weighted by atomic mass is 19.3. The van der Waals surface area contributed by atoms with Crippen LogP contribution in [-0.4, -0.2) is 5.92 Å². The average molecular weight is 162 g/mol. The molecule has 0 heterocycles. The van der Waals surface area contributed by atoms with Crippen LogP contribution in [0.2, 0.25) is 0 Å². The van der Waals surface area contributed by atoms with Crippen molar-refractivity contribution in [2.75, 3.05) is 0 Å². The normalized spacial score (nSPS) is 11.6. The zero-order valence-corrected chi connectivity index (χ0v) is 7.29. The molecular formula is C9H16F2. The first kappa shape index (κ1) is 10.6. The Kier molecular flexibility index (Phi) is 4.31. The Hall–Kier alpha value is -0.400. The third kappa shape index (κ3) is 7.50. The lowest BCUT2D eigenvalue weighted by Crippen LogP contribution is -2.09. The monoisotopic (exact) mass is 162 g/mol. The molecule has 0 saturated carbocycles. The van der Waals surface area contributed by atoms with E-state index in [1.54, 1.807) is 0 Å². The third-order valence-corrected chi connectivity index (χ3v) is 1.52. The molecule has 0 spiro atoms. The molecule has 11 heavy (non-hydrogen) atoms. The number of halogens is 2. The molecule has 0 aliphatic rings. The van der Waals surface area contributed by atoms with Gasteiger partial charge in [-0.05, 0) is 19.8 Å². The lowest BCUT2D eigenvalue weighted by atomic mass is 10.1. The van der Waals surface area contributed by atoms with Crippen LogP contribution >= 0.6 is 0 Å². The number of allylic oxidation sites excluding steroid dienone is 1. The quantitative estimate of drug-likeness (QED) is 0.540. The average Bonchev–Trinajstić information content (AvgIpc) is 1.83. The van der Waals surface area contributed by atoms with Gasteiger partial charge in [0, 0.05) is 6.42 Å². The zero-order valence-electron chi connectivity index (χ0n) is 7.29. The van der Waals surface area contributed by atoms with Gasteiger partial charge in [0.25, 0.3) is 0 Å². The maximum Gasteiger partial charge on any atom is 0.245 e. The molecule has 0 aromatic carbocycles. The summed E-state index contributed by atoms with van der Waals surface area (Å²) >= 11 is 0. The summed E-state index contributed by atoms with van der Waals surface area (Å²) in [4.78, 5) is 0. The summed E-state index contributed by atoms with van der Waals surface area (Å²) in [5, 5.41) is 0. The Morgan fingerprint density at radius 3 is 2.27 bits per heavy atom. The molecule has 2 heteroatoms. The molecule has 66 valence electrons. The highest BCUT2D eigenvalue weighted by molar-refractivity contribution is 4.94. The molecule has 0 N–H and O–H groups in total. The first-order valence-electron chi connectivity index (χ1n) is 4.00. The van der Waals surface area contributed by atoms with Crippen molar-refractivity contribution in [1.29, 1.82) is 0 Å². The molecule has 0 nitrogen and oxygen atoms in total. The van der Waals surface area contributed by atoms with Crippen LogP contribution in [0.5, 0.6) is 0 Å². The summed E-state index contributed by atoms with van der Waals surface area (Å²) < 4.78 is 24.6. The van der Waals surface area contributed by atoms with Crippen LogP contribution in [0.4, 0.5) is 8.78 Å². The second-order valence-corrected chi connectivity index (χ2v) is 3.07. The van der Waals surface area contributed by atoms with Crippen molar-refractivity contribution in [3.8, 4) is 0 Å². The van der Waals surface area contributed by atoms with Crippen molar-refractivity contribution in [2.45, 2.75) is 45.5 Å². The van der Waals surface area contributed by atoms with E-state index >= 15 is 0 Å². The fourth-order valence-corrected chi connectivity index (χ4v) is 0.875. The Labute approximate surface area is 67.3 Å². The minimum absolute atomic E-state index is 0.0637. The molecule has 0 aromatic rings. The van der Waals surface area contributed by atoms with Gasteiger partial charge in [0.05, 0.1) is 0 Å². The summed E-state index contributed by atoms with van der Waals surface area (Å²) in [7, 11) is 0. The summed E-state index contributed by atoms with van der Waals surface area (Å²) in [6, 6.07) is 0. The lowest BCUT2D eigenvalue weighted by molar-refractivity contribution is 0.0131. The maximum atomic E-state index is 12.3. The summed E-state index contributed by atoms with van der Waals surface area (Å²) in [6.07, 6.45) is 2.26. The standard InChI is InChI=1S/C9H16F2/c1-4-5-8(2)6-7-9(3,10)11/h2,4-7H2,1,3H3. The predicted molar refractivity (Wildman–Crippen MR) is 43.9 cm³/mol. The molecule has 0 rings (SSSR count).